The van der Waals surface area contributed by atoms with Gasteiger partial charge < -0.3 is 9.14 Å². The maximum atomic E-state index is 11.5. The summed E-state index contributed by atoms with van der Waals surface area (Å²) in [5, 5.41) is 0. The number of methoxy groups -OCH3 is 1. The number of ether oxygens (including phenoxy) is 1. The fourth-order valence-corrected chi connectivity index (χ4v) is 3.52. The minimum atomic E-state index is -0.290. The molecule has 6 nitrogen and oxygen atoms in total. The van der Waals surface area contributed by atoms with Gasteiger partial charge in [-0.2, -0.15) is 0 Å². The van der Waals surface area contributed by atoms with Crippen molar-refractivity contribution in [2.45, 2.75) is 13.1 Å². The zero-order chi connectivity index (χ0) is 18.6. The van der Waals surface area contributed by atoms with Crippen molar-refractivity contribution in [3.05, 3.63) is 71.7 Å². The normalized spacial score (nSPS) is 15.9. The Kier molecular flexibility index (Phi) is 5.18. The number of piperazine rings is 1. The summed E-state index contributed by atoms with van der Waals surface area (Å²) in [6.07, 6.45) is 4.15. The molecule has 140 valence electrons. The Morgan fingerprint density at radius 1 is 1.00 bits per heavy atom. The van der Waals surface area contributed by atoms with E-state index in [1.165, 1.54) is 12.7 Å². The Hall–Kier alpha value is -2.70. The average molecular weight is 364 g/mol. The molecule has 3 heterocycles. The minimum Gasteiger partial charge on any atom is -0.465 e. The van der Waals surface area contributed by atoms with Gasteiger partial charge in [0, 0.05) is 51.7 Å². The second kappa shape index (κ2) is 7.90. The van der Waals surface area contributed by atoms with Crippen molar-refractivity contribution in [1.82, 2.24) is 19.2 Å². The number of benzene rings is 1. The first-order valence-corrected chi connectivity index (χ1v) is 9.26. The van der Waals surface area contributed by atoms with Gasteiger partial charge in [0.2, 0.25) is 0 Å². The summed E-state index contributed by atoms with van der Waals surface area (Å²) in [7, 11) is 1.40. The lowest BCUT2D eigenvalue weighted by Crippen LogP contribution is -2.45. The summed E-state index contributed by atoms with van der Waals surface area (Å²) in [5.41, 5.74) is 3.93. The van der Waals surface area contributed by atoms with Crippen LogP contribution in [0.3, 0.4) is 0 Å². The molecule has 0 atom stereocenters. The number of aromatic nitrogens is 2. The van der Waals surface area contributed by atoms with Crippen LogP contribution in [0.25, 0.3) is 5.65 Å². The van der Waals surface area contributed by atoms with E-state index < -0.39 is 0 Å². The van der Waals surface area contributed by atoms with Gasteiger partial charge in [0.25, 0.3) is 0 Å². The molecule has 27 heavy (non-hydrogen) atoms. The summed E-state index contributed by atoms with van der Waals surface area (Å²) < 4.78 is 6.82. The highest BCUT2D eigenvalue weighted by Crippen LogP contribution is 2.13. The molecule has 2 aromatic heterocycles. The lowest BCUT2D eigenvalue weighted by atomic mass is 10.1. The summed E-state index contributed by atoms with van der Waals surface area (Å²) in [4.78, 5) is 21.1. The minimum absolute atomic E-state index is 0.290. The number of nitrogens with zero attached hydrogens (tertiary/aromatic N) is 4. The van der Waals surface area contributed by atoms with Crippen LogP contribution in [0.2, 0.25) is 0 Å². The maximum absolute atomic E-state index is 11.5. The maximum Gasteiger partial charge on any atom is 0.337 e. The number of carbonyl (C=O) groups is 1. The third-order valence-corrected chi connectivity index (χ3v) is 5.05. The molecule has 0 unspecified atom stereocenters. The first-order valence-electron chi connectivity index (χ1n) is 9.26. The molecule has 0 N–H and O–H groups in total. The van der Waals surface area contributed by atoms with Crippen molar-refractivity contribution in [2.75, 3.05) is 33.3 Å². The van der Waals surface area contributed by atoms with Crippen molar-refractivity contribution < 1.29 is 9.53 Å². The van der Waals surface area contributed by atoms with Gasteiger partial charge in [0.15, 0.2) is 0 Å². The van der Waals surface area contributed by atoms with Crippen molar-refractivity contribution in [2.24, 2.45) is 0 Å². The van der Waals surface area contributed by atoms with Crippen LogP contribution in [0.15, 0.2) is 54.9 Å². The molecule has 1 aliphatic heterocycles. The van der Waals surface area contributed by atoms with Gasteiger partial charge in [-0.25, -0.2) is 9.78 Å². The molecular weight excluding hydrogens is 340 g/mol. The van der Waals surface area contributed by atoms with Crippen molar-refractivity contribution >= 4 is 11.6 Å². The number of pyridine rings is 1. The van der Waals surface area contributed by atoms with E-state index in [1.54, 1.807) is 0 Å². The molecule has 0 bridgehead atoms. The predicted molar refractivity (Wildman–Crippen MR) is 104 cm³/mol. The van der Waals surface area contributed by atoms with E-state index in [0.29, 0.717) is 5.56 Å². The number of imidazole rings is 1. The Balaban J connectivity index is 1.29. The fourth-order valence-electron chi connectivity index (χ4n) is 3.52. The lowest BCUT2D eigenvalue weighted by Gasteiger charge is -2.34. The highest BCUT2D eigenvalue weighted by Gasteiger charge is 2.18. The molecule has 1 aromatic carbocycles. The second-order valence-electron chi connectivity index (χ2n) is 6.94. The highest BCUT2D eigenvalue weighted by atomic mass is 16.5. The topological polar surface area (TPSA) is 50.1 Å². The van der Waals surface area contributed by atoms with E-state index in [1.807, 2.05) is 48.7 Å². The zero-order valence-electron chi connectivity index (χ0n) is 15.5. The van der Waals surface area contributed by atoms with Gasteiger partial charge in [-0.3, -0.25) is 9.80 Å². The fraction of sp³-hybridized carbons (Fsp3) is 0.333. The van der Waals surface area contributed by atoms with Gasteiger partial charge >= 0.3 is 5.97 Å². The quantitative estimate of drug-likeness (QED) is 0.651. The molecule has 1 saturated heterocycles. The Bertz CT molecular complexity index is 878. The molecule has 3 aromatic rings. The predicted octanol–water partition coefficient (Wildman–Crippen LogP) is 2.44. The standard InChI is InChI=1S/C21H24N4O2/c1-27-21(26)18-7-5-17(6-8-18)14-23-10-12-24(13-11-23)15-19-16-25-9-3-2-4-20(25)22-19/h2-9,16H,10-15H2,1H3. The first-order chi connectivity index (χ1) is 13.2. The first kappa shape index (κ1) is 17.7. The van der Waals surface area contributed by atoms with E-state index in [4.69, 9.17) is 9.72 Å². The van der Waals surface area contributed by atoms with Gasteiger partial charge in [-0.15, -0.1) is 0 Å². The molecule has 6 heteroatoms. The smallest absolute Gasteiger partial charge is 0.337 e. The van der Waals surface area contributed by atoms with Crippen LogP contribution in [-0.2, 0) is 17.8 Å². The molecule has 0 spiro atoms. The lowest BCUT2D eigenvalue weighted by molar-refractivity contribution is 0.0600. The SMILES string of the molecule is COC(=O)c1ccc(CN2CCN(Cc3cn4ccccc4n3)CC2)cc1. The van der Waals surface area contributed by atoms with Crippen molar-refractivity contribution in [3.63, 3.8) is 0 Å². The number of hydrogen-bond donors (Lipinski definition) is 0. The van der Waals surface area contributed by atoms with Crippen LogP contribution in [0.5, 0.6) is 0 Å². The molecule has 0 amide bonds. The molecule has 4 rings (SSSR count). The number of hydrogen-bond acceptors (Lipinski definition) is 5. The molecule has 0 saturated carbocycles. The van der Waals surface area contributed by atoms with E-state index in [-0.39, 0.29) is 5.97 Å². The van der Waals surface area contributed by atoms with E-state index >= 15 is 0 Å². The Labute approximate surface area is 159 Å². The van der Waals surface area contributed by atoms with Crippen LogP contribution >= 0.6 is 0 Å². The molecule has 1 aliphatic rings. The van der Waals surface area contributed by atoms with E-state index in [0.717, 1.165) is 50.6 Å². The van der Waals surface area contributed by atoms with Gasteiger partial charge in [0.1, 0.15) is 5.65 Å². The largest absolute Gasteiger partial charge is 0.465 e. The molecular formula is C21H24N4O2. The Morgan fingerprint density at radius 2 is 1.70 bits per heavy atom. The van der Waals surface area contributed by atoms with Crippen LogP contribution in [0, 0.1) is 0 Å². The van der Waals surface area contributed by atoms with Gasteiger partial charge in [0.05, 0.1) is 18.4 Å². The zero-order valence-corrected chi connectivity index (χ0v) is 15.5. The van der Waals surface area contributed by atoms with E-state index in [2.05, 4.69) is 20.4 Å². The summed E-state index contributed by atoms with van der Waals surface area (Å²) in [5.74, 6) is -0.290. The van der Waals surface area contributed by atoms with Crippen molar-refractivity contribution in [1.29, 1.82) is 0 Å². The van der Waals surface area contributed by atoms with Crippen LogP contribution in [-0.4, -0.2) is 58.4 Å². The number of esters is 1. The highest BCUT2D eigenvalue weighted by molar-refractivity contribution is 5.89. The monoisotopic (exact) mass is 364 g/mol. The van der Waals surface area contributed by atoms with Crippen LogP contribution in [0.1, 0.15) is 21.6 Å². The van der Waals surface area contributed by atoms with Gasteiger partial charge in [-0.05, 0) is 29.8 Å². The summed E-state index contributed by atoms with van der Waals surface area (Å²) >= 11 is 0. The molecule has 0 radical (unpaired) electrons. The van der Waals surface area contributed by atoms with E-state index in [9.17, 15) is 4.79 Å². The third kappa shape index (κ3) is 4.18. The molecule has 0 aliphatic carbocycles. The number of fused-ring (bicyclic) bond motifs is 1. The van der Waals surface area contributed by atoms with Crippen molar-refractivity contribution in [3.8, 4) is 0 Å². The van der Waals surface area contributed by atoms with Crippen LogP contribution < -0.4 is 0 Å². The molecule has 1 fully saturated rings. The van der Waals surface area contributed by atoms with Crippen LogP contribution in [0.4, 0.5) is 0 Å². The second-order valence-corrected chi connectivity index (χ2v) is 6.94. The summed E-state index contributed by atoms with van der Waals surface area (Å²) in [6, 6.07) is 13.8. The Morgan fingerprint density at radius 3 is 2.37 bits per heavy atom. The summed E-state index contributed by atoms with van der Waals surface area (Å²) in [6.45, 7) is 5.94. The number of rotatable bonds is 5. The third-order valence-electron chi connectivity index (χ3n) is 5.05. The number of carbonyl (C=O) groups excluding carboxylic acids is 1. The average Bonchev–Trinajstić information content (AvgIpc) is 3.12. The van der Waals surface area contributed by atoms with Gasteiger partial charge in [-0.1, -0.05) is 18.2 Å².